The van der Waals surface area contributed by atoms with Crippen molar-refractivity contribution in [2.24, 2.45) is 0 Å². The van der Waals surface area contributed by atoms with Gasteiger partial charge in [0.25, 0.3) is 5.91 Å². The summed E-state index contributed by atoms with van der Waals surface area (Å²) in [5.74, 6) is -0.584. The maximum Gasteiger partial charge on any atom is 0.338 e. The Morgan fingerprint density at radius 1 is 1.17 bits per heavy atom. The number of nitrogens with zero attached hydrogens (tertiary/aromatic N) is 2. The van der Waals surface area contributed by atoms with Gasteiger partial charge >= 0.3 is 5.97 Å². The number of hydrogen-bond acceptors (Lipinski definition) is 3. The van der Waals surface area contributed by atoms with E-state index in [0.717, 1.165) is 31.5 Å². The molecule has 0 aliphatic carbocycles. The molecule has 1 fully saturated rings. The van der Waals surface area contributed by atoms with Crippen molar-refractivity contribution >= 4 is 11.9 Å². The van der Waals surface area contributed by atoms with Gasteiger partial charge in [0.15, 0.2) is 6.61 Å². The number of carbonyl (C=O) groups excluding carboxylic acids is 2. The number of hydrogen-bond donors (Lipinski definition) is 0. The average molecular weight is 326 g/mol. The van der Waals surface area contributed by atoms with Crippen LogP contribution in [0.4, 0.5) is 0 Å². The summed E-state index contributed by atoms with van der Waals surface area (Å²) >= 11 is 0. The molecule has 1 saturated heterocycles. The molecule has 24 heavy (non-hydrogen) atoms. The molecular weight excluding hydrogens is 304 g/mol. The molecule has 1 aromatic carbocycles. The van der Waals surface area contributed by atoms with E-state index in [1.54, 1.807) is 18.2 Å². The normalized spacial score (nSPS) is 17.5. The molecule has 0 N–H and O–H groups in total. The number of benzene rings is 1. The summed E-state index contributed by atoms with van der Waals surface area (Å²) in [6.07, 6.45) is 7.00. The summed E-state index contributed by atoms with van der Waals surface area (Å²) in [5.41, 5.74) is 1.33. The third kappa shape index (κ3) is 3.67. The number of likely N-dealkylation sites (tertiary alicyclic amines) is 1. The van der Waals surface area contributed by atoms with Crippen LogP contribution in [0.15, 0.2) is 48.8 Å². The second-order valence-corrected chi connectivity index (χ2v) is 6.15. The van der Waals surface area contributed by atoms with Gasteiger partial charge in [-0.2, -0.15) is 0 Å². The van der Waals surface area contributed by atoms with Gasteiger partial charge in [0.05, 0.1) is 5.56 Å². The highest BCUT2D eigenvalue weighted by molar-refractivity contribution is 5.91. The molecule has 0 bridgehead atoms. The molecule has 1 aliphatic rings. The molecule has 5 heteroatoms. The Bertz CT molecular complexity index is 709. The van der Waals surface area contributed by atoms with Crippen LogP contribution in [-0.2, 0) is 9.53 Å². The number of rotatable bonds is 4. The second-order valence-electron chi connectivity index (χ2n) is 6.15. The lowest BCUT2D eigenvalue weighted by Gasteiger charge is -2.33. The van der Waals surface area contributed by atoms with Crippen molar-refractivity contribution in [2.75, 3.05) is 13.2 Å². The minimum absolute atomic E-state index is 0.114. The minimum Gasteiger partial charge on any atom is -0.452 e. The van der Waals surface area contributed by atoms with E-state index in [9.17, 15) is 9.59 Å². The Morgan fingerprint density at radius 2 is 1.96 bits per heavy atom. The Morgan fingerprint density at radius 3 is 2.71 bits per heavy atom. The Balaban J connectivity index is 1.61. The molecule has 3 rings (SSSR count). The molecular formula is C19H22N2O3. The first kappa shape index (κ1) is 16.3. The zero-order valence-corrected chi connectivity index (χ0v) is 13.9. The van der Waals surface area contributed by atoms with E-state index in [4.69, 9.17) is 4.74 Å². The zero-order chi connectivity index (χ0) is 16.9. The molecule has 1 atom stereocenters. The van der Waals surface area contributed by atoms with Crippen LogP contribution in [0.1, 0.15) is 36.5 Å². The minimum atomic E-state index is -0.470. The van der Waals surface area contributed by atoms with E-state index in [-0.39, 0.29) is 18.6 Å². The lowest BCUT2D eigenvalue weighted by molar-refractivity contribution is -0.137. The molecule has 1 unspecified atom stereocenters. The van der Waals surface area contributed by atoms with Crippen molar-refractivity contribution in [3.8, 4) is 5.69 Å². The summed E-state index contributed by atoms with van der Waals surface area (Å²) < 4.78 is 7.14. The van der Waals surface area contributed by atoms with Crippen LogP contribution in [0.25, 0.3) is 5.69 Å². The van der Waals surface area contributed by atoms with E-state index >= 15 is 0 Å². The van der Waals surface area contributed by atoms with E-state index in [2.05, 4.69) is 0 Å². The number of aromatic nitrogens is 1. The zero-order valence-electron chi connectivity index (χ0n) is 13.9. The fraction of sp³-hybridized carbons (Fsp3) is 0.368. The molecule has 1 amide bonds. The van der Waals surface area contributed by atoms with E-state index in [1.807, 2.05) is 47.0 Å². The third-order valence-electron chi connectivity index (χ3n) is 4.43. The van der Waals surface area contributed by atoms with Gasteiger partial charge in [0, 0.05) is 30.7 Å². The maximum absolute atomic E-state index is 12.2. The highest BCUT2D eigenvalue weighted by Crippen LogP contribution is 2.17. The fourth-order valence-electron chi connectivity index (χ4n) is 3.06. The van der Waals surface area contributed by atoms with Crippen molar-refractivity contribution in [2.45, 2.75) is 32.2 Å². The van der Waals surface area contributed by atoms with Crippen molar-refractivity contribution in [1.29, 1.82) is 0 Å². The van der Waals surface area contributed by atoms with Crippen molar-refractivity contribution in [1.82, 2.24) is 9.47 Å². The van der Waals surface area contributed by atoms with Gasteiger partial charge in [-0.25, -0.2) is 4.79 Å². The quantitative estimate of drug-likeness (QED) is 0.812. The summed E-state index contributed by atoms with van der Waals surface area (Å²) in [6, 6.07) is 11.2. The molecule has 126 valence electrons. The van der Waals surface area contributed by atoms with Gasteiger partial charge in [-0.05, 0) is 56.5 Å². The predicted octanol–water partition coefficient (Wildman–Crippen LogP) is 3.04. The molecule has 5 nitrogen and oxygen atoms in total. The van der Waals surface area contributed by atoms with E-state index in [0.29, 0.717) is 5.56 Å². The average Bonchev–Trinajstić information content (AvgIpc) is 3.14. The van der Waals surface area contributed by atoms with Crippen LogP contribution >= 0.6 is 0 Å². The van der Waals surface area contributed by atoms with Crippen LogP contribution in [-0.4, -0.2) is 40.5 Å². The van der Waals surface area contributed by atoms with Gasteiger partial charge in [-0.15, -0.1) is 0 Å². The number of ether oxygens (including phenoxy) is 1. The smallest absolute Gasteiger partial charge is 0.338 e. The molecule has 2 aromatic rings. The molecule has 1 aliphatic heterocycles. The molecule has 1 aromatic heterocycles. The third-order valence-corrected chi connectivity index (χ3v) is 4.43. The van der Waals surface area contributed by atoms with Crippen LogP contribution in [0, 0.1) is 0 Å². The number of carbonyl (C=O) groups is 2. The summed E-state index contributed by atoms with van der Waals surface area (Å²) in [4.78, 5) is 26.3. The lowest BCUT2D eigenvalue weighted by atomic mass is 10.0. The molecule has 0 saturated carbocycles. The maximum atomic E-state index is 12.2. The van der Waals surface area contributed by atoms with Gasteiger partial charge in [-0.1, -0.05) is 6.07 Å². The van der Waals surface area contributed by atoms with Crippen LogP contribution in [0.3, 0.4) is 0 Å². The first-order valence-corrected chi connectivity index (χ1v) is 8.35. The molecule has 0 spiro atoms. The number of amides is 1. The largest absolute Gasteiger partial charge is 0.452 e. The van der Waals surface area contributed by atoms with Crippen molar-refractivity contribution in [3.63, 3.8) is 0 Å². The summed E-state index contributed by atoms with van der Waals surface area (Å²) in [5, 5.41) is 0. The standard InChI is InChI=1S/C19H22N2O3/c1-15-7-2-3-12-21(15)18(22)14-24-19(23)16-8-6-9-17(13-16)20-10-4-5-11-20/h4-6,8-11,13,15H,2-3,7,12,14H2,1H3. The predicted molar refractivity (Wildman–Crippen MR) is 91.1 cm³/mol. The molecule has 2 heterocycles. The Hall–Kier alpha value is -2.56. The second kappa shape index (κ2) is 7.34. The highest BCUT2D eigenvalue weighted by atomic mass is 16.5. The summed E-state index contributed by atoms with van der Waals surface area (Å²) in [7, 11) is 0. The highest BCUT2D eigenvalue weighted by Gasteiger charge is 2.24. The van der Waals surface area contributed by atoms with Gasteiger partial charge in [-0.3, -0.25) is 4.79 Å². The van der Waals surface area contributed by atoms with Crippen LogP contribution < -0.4 is 0 Å². The summed E-state index contributed by atoms with van der Waals surface area (Å²) in [6.45, 7) is 2.59. The fourth-order valence-corrected chi connectivity index (χ4v) is 3.06. The monoisotopic (exact) mass is 326 g/mol. The van der Waals surface area contributed by atoms with Gasteiger partial charge in [0.2, 0.25) is 0 Å². The van der Waals surface area contributed by atoms with Crippen molar-refractivity contribution < 1.29 is 14.3 Å². The van der Waals surface area contributed by atoms with E-state index in [1.165, 1.54) is 0 Å². The number of piperidine rings is 1. The van der Waals surface area contributed by atoms with Crippen LogP contribution in [0.5, 0.6) is 0 Å². The van der Waals surface area contributed by atoms with E-state index < -0.39 is 5.97 Å². The Labute approximate surface area is 141 Å². The SMILES string of the molecule is CC1CCCCN1C(=O)COC(=O)c1cccc(-n2cccc2)c1. The van der Waals surface area contributed by atoms with Crippen LogP contribution in [0.2, 0.25) is 0 Å². The lowest BCUT2D eigenvalue weighted by Crippen LogP contribution is -2.44. The van der Waals surface area contributed by atoms with Gasteiger partial charge in [0.1, 0.15) is 0 Å². The molecule has 0 radical (unpaired) electrons. The first-order chi connectivity index (χ1) is 11.6. The Kier molecular flexibility index (Phi) is 4.99. The van der Waals surface area contributed by atoms with Crippen molar-refractivity contribution in [3.05, 3.63) is 54.4 Å². The first-order valence-electron chi connectivity index (χ1n) is 8.35. The topological polar surface area (TPSA) is 51.5 Å². The number of esters is 1. The van der Waals surface area contributed by atoms with Gasteiger partial charge < -0.3 is 14.2 Å².